The minimum Gasteiger partial charge on any atom is -0.444 e. The first kappa shape index (κ1) is 42.6. The van der Waals surface area contributed by atoms with Crippen LogP contribution in [0.1, 0.15) is 78.6 Å². The summed E-state index contributed by atoms with van der Waals surface area (Å²) in [4.78, 5) is 74.5. The maximum atomic E-state index is 14.1. The van der Waals surface area contributed by atoms with E-state index in [1.807, 2.05) is 66.0 Å². The first-order valence-electron chi connectivity index (χ1n) is 18.4. The molecule has 55 heavy (non-hydrogen) atoms. The maximum absolute atomic E-state index is 14.1. The normalized spacial score (nSPS) is 12.6. The van der Waals surface area contributed by atoms with Crippen molar-refractivity contribution >= 4 is 52.9 Å². The van der Waals surface area contributed by atoms with E-state index in [0.717, 1.165) is 26.7 Å². The highest BCUT2D eigenvalue weighted by molar-refractivity contribution is 7.09. The summed E-state index contributed by atoms with van der Waals surface area (Å²) < 4.78 is 5.49. The Labute approximate surface area is 330 Å². The molecule has 0 aliphatic rings. The van der Waals surface area contributed by atoms with Crippen LogP contribution in [0.5, 0.6) is 0 Å². The lowest BCUT2D eigenvalue weighted by Crippen LogP contribution is -2.53. The van der Waals surface area contributed by atoms with E-state index in [1.165, 1.54) is 16.2 Å². The topological polar surface area (TPSA) is 172 Å². The number of amides is 5. The smallest absolute Gasteiger partial charge is 0.407 e. The van der Waals surface area contributed by atoms with E-state index in [9.17, 15) is 24.0 Å². The number of hydrogen-bond acceptors (Lipinski definition) is 10. The molecule has 0 aliphatic heterocycles. The van der Waals surface area contributed by atoms with Crippen LogP contribution in [0.25, 0.3) is 0 Å². The van der Waals surface area contributed by atoms with Gasteiger partial charge in [0.1, 0.15) is 18.9 Å². The number of thiazole rings is 2. The highest BCUT2D eigenvalue weighted by Crippen LogP contribution is 2.20. The Hall–Kier alpha value is -5.15. The Morgan fingerprint density at radius 1 is 0.873 bits per heavy atom. The van der Waals surface area contributed by atoms with Gasteiger partial charge in [-0.2, -0.15) is 0 Å². The second-order valence-electron chi connectivity index (χ2n) is 13.6. The van der Waals surface area contributed by atoms with Gasteiger partial charge < -0.3 is 35.7 Å². The standard InChI is InChI=1S/C40H51N7O6S2/c1-28(2)38-44-33(26-54-38)24-47(3)39(51)46-35(18-19-42-36(49)15-10-20-48)37(50)43-31(21-29-11-6-4-7-12-29)16-17-32(22-30-13-8-5-9-14-30)45-40(52)53-25-34-23-41-27-55-34/h4-9,11-14,20,23,26-28,31-32,35H,10,15-19,21-22,24-25H2,1-3H3,(H,42,49)(H,43,50)(H,45,52)(H,46,51)/t31-,32-,35-/m0/s1. The zero-order chi connectivity index (χ0) is 39.4. The number of aromatic nitrogens is 2. The van der Waals surface area contributed by atoms with Gasteiger partial charge in [-0.15, -0.1) is 22.7 Å². The quantitative estimate of drug-likeness (QED) is 0.0728. The lowest BCUT2D eigenvalue weighted by molar-refractivity contribution is -0.125. The SMILES string of the molecule is CC(C)c1nc(CN(C)C(=O)N[C@@H](CCNC(=O)CCC=O)C(=O)N[C@@H](CC[C@@H](Cc2ccccc2)NC(=O)OCc2cncs2)Cc2ccccc2)cs1. The molecule has 0 fully saturated rings. The van der Waals surface area contributed by atoms with Gasteiger partial charge >= 0.3 is 12.1 Å². The van der Waals surface area contributed by atoms with E-state index in [1.54, 1.807) is 30.1 Å². The molecule has 13 nitrogen and oxygen atoms in total. The third-order valence-electron chi connectivity index (χ3n) is 8.68. The molecule has 294 valence electrons. The molecule has 2 heterocycles. The molecular formula is C40H51N7O6S2. The second kappa shape index (κ2) is 22.9. The first-order valence-corrected chi connectivity index (χ1v) is 20.2. The van der Waals surface area contributed by atoms with E-state index >= 15 is 0 Å². The van der Waals surface area contributed by atoms with Crippen molar-refractivity contribution < 1.29 is 28.7 Å². The van der Waals surface area contributed by atoms with Gasteiger partial charge in [-0.25, -0.2) is 14.6 Å². The van der Waals surface area contributed by atoms with E-state index in [-0.39, 0.29) is 62.9 Å². The number of ether oxygens (including phenoxy) is 1. The minimum atomic E-state index is -0.985. The van der Waals surface area contributed by atoms with E-state index in [4.69, 9.17) is 4.74 Å². The molecule has 15 heteroatoms. The number of rotatable bonds is 22. The summed E-state index contributed by atoms with van der Waals surface area (Å²) in [6, 6.07) is 17.5. The van der Waals surface area contributed by atoms with E-state index in [0.29, 0.717) is 32.0 Å². The second-order valence-corrected chi connectivity index (χ2v) is 15.4. The van der Waals surface area contributed by atoms with Gasteiger partial charge in [0.25, 0.3) is 0 Å². The Balaban J connectivity index is 1.48. The van der Waals surface area contributed by atoms with Crippen molar-refractivity contribution in [1.29, 1.82) is 0 Å². The molecule has 0 unspecified atom stereocenters. The molecule has 0 aliphatic carbocycles. The highest BCUT2D eigenvalue weighted by atomic mass is 32.1. The van der Waals surface area contributed by atoms with Gasteiger partial charge in [-0.1, -0.05) is 74.5 Å². The molecule has 0 bridgehead atoms. The molecule has 4 aromatic rings. The number of carbonyl (C=O) groups is 5. The van der Waals surface area contributed by atoms with Gasteiger partial charge in [-0.05, 0) is 43.2 Å². The predicted octanol–water partition coefficient (Wildman–Crippen LogP) is 5.76. The summed E-state index contributed by atoms with van der Waals surface area (Å²) >= 11 is 2.95. The van der Waals surface area contributed by atoms with Gasteiger partial charge in [-0.3, -0.25) is 14.6 Å². The minimum absolute atomic E-state index is 0.0393. The fraction of sp³-hybridized carbons (Fsp3) is 0.425. The molecule has 4 rings (SSSR count). The molecule has 0 radical (unpaired) electrons. The zero-order valence-corrected chi connectivity index (χ0v) is 33.2. The number of hydrogen-bond donors (Lipinski definition) is 4. The average Bonchev–Trinajstić information content (AvgIpc) is 3.88. The van der Waals surface area contributed by atoms with Crippen molar-refractivity contribution in [1.82, 2.24) is 36.1 Å². The molecule has 5 amide bonds. The van der Waals surface area contributed by atoms with Gasteiger partial charge in [0, 0.05) is 56.0 Å². The number of urea groups is 1. The van der Waals surface area contributed by atoms with Crippen LogP contribution in [0.15, 0.2) is 77.8 Å². The molecular weight excluding hydrogens is 739 g/mol. The summed E-state index contributed by atoms with van der Waals surface area (Å²) in [5, 5.41) is 14.7. The molecule has 3 atom stereocenters. The van der Waals surface area contributed by atoms with Crippen LogP contribution in [-0.2, 0) is 45.1 Å². The summed E-state index contributed by atoms with van der Waals surface area (Å²) in [6.07, 6.45) is 4.12. The van der Waals surface area contributed by atoms with Crippen LogP contribution in [0.3, 0.4) is 0 Å². The Bertz CT molecular complexity index is 1770. The number of carbonyl (C=O) groups excluding carboxylic acids is 5. The van der Waals surface area contributed by atoms with Gasteiger partial charge in [0.05, 0.1) is 27.6 Å². The molecule has 0 saturated heterocycles. The fourth-order valence-electron chi connectivity index (χ4n) is 5.75. The van der Waals surface area contributed by atoms with Crippen molar-refractivity contribution in [2.75, 3.05) is 13.6 Å². The lowest BCUT2D eigenvalue weighted by atomic mass is 9.95. The lowest BCUT2D eigenvalue weighted by Gasteiger charge is -2.27. The third-order valence-corrected chi connectivity index (χ3v) is 10.6. The van der Waals surface area contributed by atoms with Crippen LogP contribution in [0.2, 0.25) is 0 Å². The van der Waals surface area contributed by atoms with Crippen LogP contribution < -0.4 is 21.3 Å². The van der Waals surface area contributed by atoms with Crippen molar-refractivity contribution in [3.8, 4) is 0 Å². The number of aldehydes is 1. The summed E-state index contributed by atoms with van der Waals surface area (Å²) in [7, 11) is 1.64. The molecule has 0 spiro atoms. The van der Waals surface area contributed by atoms with Crippen molar-refractivity contribution in [2.24, 2.45) is 0 Å². The van der Waals surface area contributed by atoms with E-state index in [2.05, 4.69) is 45.1 Å². The molecule has 2 aromatic carbocycles. The highest BCUT2D eigenvalue weighted by Gasteiger charge is 2.26. The summed E-state index contributed by atoms with van der Waals surface area (Å²) in [5.41, 5.74) is 4.49. The maximum Gasteiger partial charge on any atom is 0.407 e. The number of nitrogens with one attached hydrogen (secondary N) is 4. The summed E-state index contributed by atoms with van der Waals surface area (Å²) in [5.74, 6) is -0.454. The van der Waals surface area contributed by atoms with Crippen LogP contribution in [-0.4, -0.2) is 76.8 Å². The Kier molecular flexibility index (Phi) is 17.8. The number of benzene rings is 2. The third kappa shape index (κ3) is 15.6. The van der Waals surface area contributed by atoms with Crippen molar-refractivity contribution in [3.63, 3.8) is 0 Å². The van der Waals surface area contributed by atoms with Gasteiger partial charge in [0.15, 0.2) is 0 Å². The monoisotopic (exact) mass is 789 g/mol. The average molecular weight is 790 g/mol. The van der Waals surface area contributed by atoms with Crippen molar-refractivity contribution in [3.05, 3.63) is 104 Å². The predicted molar refractivity (Wildman–Crippen MR) is 214 cm³/mol. The fourth-order valence-corrected chi connectivity index (χ4v) is 7.08. The van der Waals surface area contributed by atoms with Gasteiger partial charge in [0.2, 0.25) is 11.8 Å². The molecule has 2 aromatic heterocycles. The Morgan fingerprint density at radius 3 is 2.11 bits per heavy atom. The first-order chi connectivity index (χ1) is 26.6. The van der Waals surface area contributed by atoms with Crippen LogP contribution >= 0.6 is 22.7 Å². The molecule has 4 N–H and O–H groups in total. The number of nitrogens with zero attached hydrogens (tertiary/aromatic N) is 3. The summed E-state index contributed by atoms with van der Waals surface area (Å²) in [6.45, 7) is 4.60. The van der Waals surface area contributed by atoms with Crippen LogP contribution in [0, 0.1) is 0 Å². The largest absolute Gasteiger partial charge is 0.444 e. The number of alkyl carbamates (subject to hydrolysis) is 1. The zero-order valence-electron chi connectivity index (χ0n) is 31.6. The van der Waals surface area contributed by atoms with E-state index < -0.39 is 24.1 Å². The van der Waals surface area contributed by atoms with Crippen LogP contribution in [0.4, 0.5) is 9.59 Å². The van der Waals surface area contributed by atoms with Crippen molar-refractivity contribution in [2.45, 2.75) is 96.0 Å². The molecule has 0 saturated carbocycles. The Morgan fingerprint density at radius 2 is 1.53 bits per heavy atom.